The molecule has 1 aromatic rings. The van der Waals surface area contributed by atoms with E-state index in [0.29, 0.717) is 19.0 Å². The maximum Gasteiger partial charge on any atom is 0.573 e. The molecule has 3 nitrogen and oxygen atoms in total. The van der Waals surface area contributed by atoms with Crippen molar-refractivity contribution < 1.29 is 27.4 Å². The van der Waals surface area contributed by atoms with Crippen LogP contribution in [0.15, 0.2) is 24.3 Å². The summed E-state index contributed by atoms with van der Waals surface area (Å²) >= 11 is 0. The largest absolute Gasteiger partial charge is 0.573 e. The maximum atomic E-state index is 11.9. The molecule has 1 fully saturated rings. The average molecular weight is 248 g/mol. The molecular weight excluding hydrogens is 237 g/mol. The van der Waals surface area contributed by atoms with E-state index in [0.717, 1.165) is 0 Å². The fourth-order valence-electron chi connectivity index (χ4n) is 1.44. The fraction of sp³-hybridized carbons (Fsp3) is 0.455. The van der Waals surface area contributed by atoms with Crippen LogP contribution in [-0.4, -0.2) is 25.2 Å². The molecule has 94 valence electrons. The third kappa shape index (κ3) is 3.26. The maximum absolute atomic E-state index is 11.9. The highest BCUT2D eigenvalue weighted by atomic mass is 19.4. The topological polar surface area (TPSA) is 27.7 Å². The van der Waals surface area contributed by atoms with Gasteiger partial charge in [-0.3, -0.25) is 0 Å². The summed E-state index contributed by atoms with van der Waals surface area (Å²) in [6, 6.07) is 5.30. The van der Waals surface area contributed by atoms with E-state index < -0.39 is 6.36 Å². The Hall–Kier alpha value is -1.43. The molecule has 6 heteroatoms. The minimum atomic E-state index is -4.67. The second-order valence-corrected chi connectivity index (χ2v) is 4.06. The molecule has 17 heavy (non-hydrogen) atoms. The number of hydrogen-bond acceptors (Lipinski definition) is 3. The van der Waals surface area contributed by atoms with Crippen molar-refractivity contribution in [1.29, 1.82) is 0 Å². The van der Waals surface area contributed by atoms with E-state index in [1.807, 2.05) is 6.92 Å². The van der Waals surface area contributed by atoms with E-state index in [4.69, 9.17) is 9.47 Å². The van der Waals surface area contributed by atoms with Crippen LogP contribution in [0.4, 0.5) is 13.2 Å². The zero-order valence-electron chi connectivity index (χ0n) is 9.08. The Morgan fingerprint density at radius 1 is 1.12 bits per heavy atom. The van der Waals surface area contributed by atoms with Crippen LogP contribution in [0.5, 0.6) is 11.5 Å². The van der Waals surface area contributed by atoms with E-state index in [9.17, 15) is 13.2 Å². The number of hydrogen-bond donors (Lipinski definition) is 0. The molecular formula is C11H11F3O3. The highest BCUT2D eigenvalue weighted by Gasteiger charge is 2.36. The summed E-state index contributed by atoms with van der Waals surface area (Å²) in [5.41, 5.74) is -0.383. The monoisotopic (exact) mass is 248 g/mol. The molecule has 0 amide bonds. The lowest BCUT2D eigenvalue weighted by molar-refractivity contribution is -0.274. The van der Waals surface area contributed by atoms with Gasteiger partial charge in [0.15, 0.2) is 5.60 Å². The van der Waals surface area contributed by atoms with Crippen LogP contribution in [0, 0.1) is 0 Å². The van der Waals surface area contributed by atoms with E-state index in [1.54, 1.807) is 0 Å². The minimum absolute atomic E-state index is 0.264. The normalized spacial score (nSPS) is 18.4. The number of alkyl halides is 3. The van der Waals surface area contributed by atoms with Gasteiger partial charge in [0.25, 0.3) is 0 Å². The van der Waals surface area contributed by atoms with Crippen molar-refractivity contribution in [3.63, 3.8) is 0 Å². The standard InChI is InChI=1S/C11H11F3O3/c1-10(6-15-7-10)16-8-2-4-9(5-3-8)17-11(12,13)14/h2-5H,6-7H2,1H3. The first-order chi connectivity index (χ1) is 7.86. The molecule has 0 saturated carbocycles. The van der Waals surface area contributed by atoms with Gasteiger partial charge in [-0.15, -0.1) is 13.2 Å². The zero-order valence-corrected chi connectivity index (χ0v) is 9.08. The summed E-state index contributed by atoms with van der Waals surface area (Å²) in [7, 11) is 0. The Labute approximate surface area is 96.1 Å². The Morgan fingerprint density at radius 3 is 2.06 bits per heavy atom. The minimum Gasteiger partial charge on any atom is -0.483 e. The summed E-state index contributed by atoms with van der Waals surface area (Å²) in [5, 5.41) is 0. The summed E-state index contributed by atoms with van der Waals surface area (Å²) in [6.07, 6.45) is -4.67. The highest BCUT2D eigenvalue weighted by Crippen LogP contribution is 2.28. The number of ether oxygens (including phenoxy) is 3. The third-order valence-electron chi connectivity index (χ3n) is 2.24. The van der Waals surface area contributed by atoms with Gasteiger partial charge in [0, 0.05) is 0 Å². The van der Waals surface area contributed by atoms with Crippen molar-refractivity contribution in [1.82, 2.24) is 0 Å². The van der Waals surface area contributed by atoms with Crippen LogP contribution in [0.25, 0.3) is 0 Å². The van der Waals surface area contributed by atoms with Crippen molar-refractivity contribution in [2.45, 2.75) is 18.9 Å². The molecule has 0 spiro atoms. The second kappa shape index (κ2) is 4.10. The predicted octanol–water partition coefficient (Wildman–Crippen LogP) is 2.75. The van der Waals surface area contributed by atoms with Crippen molar-refractivity contribution in [2.75, 3.05) is 13.2 Å². The van der Waals surface area contributed by atoms with Gasteiger partial charge in [-0.2, -0.15) is 0 Å². The summed E-state index contributed by atoms with van der Waals surface area (Å²) < 4.78 is 50.0. The zero-order chi connectivity index (χ0) is 12.5. The molecule has 1 saturated heterocycles. The molecule has 0 unspecified atom stereocenters. The van der Waals surface area contributed by atoms with Crippen LogP contribution in [0.2, 0.25) is 0 Å². The molecule has 1 heterocycles. The first-order valence-corrected chi connectivity index (χ1v) is 4.99. The Balaban J connectivity index is 1.98. The molecule has 0 radical (unpaired) electrons. The lowest BCUT2D eigenvalue weighted by Crippen LogP contribution is -2.51. The summed E-state index contributed by atoms with van der Waals surface area (Å²) in [5.74, 6) is 0.227. The highest BCUT2D eigenvalue weighted by molar-refractivity contribution is 5.32. The van der Waals surface area contributed by atoms with Crippen LogP contribution in [0.1, 0.15) is 6.92 Å². The van der Waals surface area contributed by atoms with Gasteiger partial charge in [-0.1, -0.05) is 0 Å². The fourth-order valence-corrected chi connectivity index (χ4v) is 1.44. The van der Waals surface area contributed by atoms with Gasteiger partial charge in [0.05, 0.1) is 13.2 Å². The quantitative estimate of drug-likeness (QED) is 0.823. The smallest absolute Gasteiger partial charge is 0.483 e. The Bertz CT molecular complexity index is 382. The summed E-state index contributed by atoms with van der Waals surface area (Å²) in [4.78, 5) is 0. The second-order valence-electron chi connectivity index (χ2n) is 4.06. The third-order valence-corrected chi connectivity index (χ3v) is 2.24. The molecule has 0 aliphatic carbocycles. The van der Waals surface area contributed by atoms with E-state index in [1.165, 1.54) is 24.3 Å². The van der Waals surface area contributed by atoms with Crippen molar-refractivity contribution in [2.24, 2.45) is 0 Å². The van der Waals surface area contributed by atoms with Crippen molar-refractivity contribution in [3.8, 4) is 11.5 Å². The molecule has 0 atom stereocenters. The van der Waals surface area contributed by atoms with Gasteiger partial charge < -0.3 is 14.2 Å². The molecule has 0 bridgehead atoms. The Morgan fingerprint density at radius 2 is 1.65 bits per heavy atom. The molecule has 1 aliphatic rings. The molecule has 1 aromatic carbocycles. The molecule has 0 aromatic heterocycles. The summed E-state index contributed by atoms with van der Waals surface area (Å²) in [6.45, 7) is 2.83. The number of benzene rings is 1. The van der Waals surface area contributed by atoms with Crippen molar-refractivity contribution >= 4 is 0 Å². The van der Waals surface area contributed by atoms with E-state index in [-0.39, 0.29) is 11.4 Å². The van der Waals surface area contributed by atoms with Gasteiger partial charge in [-0.25, -0.2) is 0 Å². The lowest BCUT2D eigenvalue weighted by Gasteiger charge is -2.38. The van der Waals surface area contributed by atoms with Gasteiger partial charge >= 0.3 is 6.36 Å². The number of halogens is 3. The van der Waals surface area contributed by atoms with Gasteiger partial charge in [0.1, 0.15) is 11.5 Å². The van der Waals surface area contributed by atoms with Crippen molar-refractivity contribution in [3.05, 3.63) is 24.3 Å². The molecule has 2 rings (SSSR count). The van der Waals surface area contributed by atoms with Crippen LogP contribution in [0.3, 0.4) is 0 Å². The van der Waals surface area contributed by atoms with Gasteiger partial charge in [0.2, 0.25) is 0 Å². The predicted molar refractivity (Wildman–Crippen MR) is 53.0 cm³/mol. The average Bonchev–Trinajstić information content (AvgIpc) is 2.16. The van der Waals surface area contributed by atoms with Gasteiger partial charge in [-0.05, 0) is 31.2 Å². The lowest BCUT2D eigenvalue weighted by atomic mass is 10.1. The van der Waals surface area contributed by atoms with Crippen LogP contribution in [-0.2, 0) is 4.74 Å². The molecule has 1 aliphatic heterocycles. The van der Waals surface area contributed by atoms with Crippen LogP contribution < -0.4 is 9.47 Å². The van der Waals surface area contributed by atoms with E-state index >= 15 is 0 Å². The van der Waals surface area contributed by atoms with E-state index in [2.05, 4.69) is 4.74 Å². The first-order valence-electron chi connectivity index (χ1n) is 4.99. The van der Waals surface area contributed by atoms with Crippen LogP contribution >= 0.6 is 0 Å². The molecule has 0 N–H and O–H groups in total. The number of rotatable bonds is 3. The SMILES string of the molecule is CC1(Oc2ccc(OC(F)(F)F)cc2)COC1. The first kappa shape index (κ1) is 12.0. The Kier molecular flexibility index (Phi) is 2.91.